The molecule has 1 atom stereocenters. The van der Waals surface area contributed by atoms with Gasteiger partial charge in [0, 0.05) is 32.3 Å². The maximum absolute atomic E-state index is 13.6. The van der Waals surface area contributed by atoms with Gasteiger partial charge in [-0.1, -0.05) is 12.1 Å². The lowest BCUT2D eigenvalue weighted by Crippen LogP contribution is -2.37. The summed E-state index contributed by atoms with van der Waals surface area (Å²) in [6.07, 6.45) is 4.12. The van der Waals surface area contributed by atoms with Crippen LogP contribution in [0, 0.1) is 11.7 Å². The largest absolute Gasteiger partial charge is 0.490 e. The van der Waals surface area contributed by atoms with Crippen LogP contribution in [-0.4, -0.2) is 34.4 Å². The minimum atomic E-state index is -0.287. The van der Waals surface area contributed by atoms with Crippen LogP contribution in [0.5, 0.6) is 5.75 Å². The van der Waals surface area contributed by atoms with E-state index in [1.165, 1.54) is 11.8 Å². The van der Waals surface area contributed by atoms with Crippen LogP contribution in [0.25, 0.3) is 0 Å². The van der Waals surface area contributed by atoms with Crippen molar-refractivity contribution in [1.29, 1.82) is 0 Å². The summed E-state index contributed by atoms with van der Waals surface area (Å²) in [5.74, 6) is 0.512. The van der Waals surface area contributed by atoms with Gasteiger partial charge in [-0.15, -0.1) is 0 Å². The molecule has 1 aromatic carbocycles. The number of piperidine rings is 1. The third-order valence-electron chi connectivity index (χ3n) is 4.22. The molecule has 0 N–H and O–H groups in total. The summed E-state index contributed by atoms with van der Waals surface area (Å²) in [7, 11) is 1.97. The smallest absolute Gasteiger partial charge is 0.165 e. The molecule has 1 aliphatic heterocycles. The molecule has 4 nitrogen and oxygen atoms in total. The van der Waals surface area contributed by atoms with E-state index >= 15 is 0 Å². The zero-order chi connectivity index (χ0) is 15.4. The topological polar surface area (TPSA) is 30.3 Å². The minimum absolute atomic E-state index is 0.287. The van der Waals surface area contributed by atoms with E-state index in [0.29, 0.717) is 18.3 Å². The lowest BCUT2D eigenvalue weighted by atomic mass is 9.99. The second-order valence-electron chi connectivity index (χ2n) is 5.93. The van der Waals surface area contributed by atoms with Gasteiger partial charge in [0.2, 0.25) is 0 Å². The zero-order valence-electron chi connectivity index (χ0n) is 12.9. The third kappa shape index (κ3) is 3.65. The average molecular weight is 303 g/mol. The summed E-state index contributed by atoms with van der Waals surface area (Å²) in [5.41, 5.74) is 1.22. The second kappa shape index (κ2) is 6.92. The van der Waals surface area contributed by atoms with Gasteiger partial charge in [-0.05, 0) is 37.6 Å². The van der Waals surface area contributed by atoms with Crippen molar-refractivity contribution in [3.63, 3.8) is 0 Å². The number of rotatable bonds is 5. The molecule has 1 saturated heterocycles. The van der Waals surface area contributed by atoms with Crippen molar-refractivity contribution in [3.05, 3.63) is 48.0 Å². The van der Waals surface area contributed by atoms with Crippen molar-refractivity contribution >= 4 is 0 Å². The highest BCUT2D eigenvalue weighted by molar-refractivity contribution is 5.23. The monoisotopic (exact) mass is 303 g/mol. The van der Waals surface area contributed by atoms with Crippen molar-refractivity contribution in [3.8, 4) is 5.75 Å². The fourth-order valence-electron chi connectivity index (χ4n) is 2.99. The maximum atomic E-state index is 13.6. The van der Waals surface area contributed by atoms with E-state index in [0.717, 1.165) is 32.5 Å². The molecular weight excluding hydrogens is 281 g/mol. The minimum Gasteiger partial charge on any atom is -0.490 e. The molecule has 0 saturated carbocycles. The number of hydrogen-bond acceptors (Lipinski definition) is 3. The van der Waals surface area contributed by atoms with E-state index in [4.69, 9.17) is 4.74 Å². The quantitative estimate of drug-likeness (QED) is 0.851. The lowest BCUT2D eigenvalue weighted by Gasteiger charge is -2.32. The molecule has 2 heterocycles. The number of benzene rings is 1. The molecule has 5 heteroatoms. The highest BCUT2D eigenvalue weighted by Gasteiger charge is 2.21. The second-order valence-corrected chi connectivity index (χ2v) is 5.93. The van der Waals surface area contributed by atoms with Crippen molar-refractivity contribution in [1.82, 2.24) is 14.7 Å². The van der Waals surface area contributed by atoms with Crippen LogP contribution in [-0.2, 0) is 13.6 Å². The normalized spacial score (nSPS) is 19.3. The number of ether oxygens (including phenoxy) is 1. The molecule has 0 amide bonds. The average Bonchev–Trinajstić information content (AvgIpc) is 2.92. The van der Waals surface area contributed by atoms with Gasteiger partial charge < -0.3 is 4.74 Å². The van der Waals surface area contributed by atoms with Gasteiger partial charge in [-0.3, -0.25) is 9.58 Å². The third-order valence-corrected chi connectivity index (χ3v) is 4.22. The first-order chi connectivity index (χ1) is 10.7. The highest BCUT2D eigenvalue weighted by atomic mass is 19.1. The number of para-hydroxylation sites is 1. The SMILES string of the molecule is Cn1nccc1CN1CCC[C@@H](COc2ccccc2F)C1. The first-order valence-electron chi connectivity index (χ1n) is 7.79. The van der Waals surface area contributed by atoms with Crippen molar-refractivity contribution in [2.45, 2.75) is 19.4 Å². The predicted molar refractivity (Wildman–Crippen MR) is 83.1 cm³/mol. The summed E-state index contributed by atoms with van der Waals surface area (Å²) in [6, 6.07) is 8.66. The molecule has 0 unspecified atom stereocenters. The fraction of sp³-hybridized carbons (Fsp3) is 0.471. The summed E-state index contributed by atoms with van der Waals surface area (Å²) in [5, 5.41) is 4.21. The molecule has 2 aromatic rings. The van der Waals surface area contributed by atoms with E-state index in [2.05, 4.69) is 16.1 Å². The van der Waals surface area contributed by atoms with E-state index in [-0.39, 0.29) is 5.82 Å². The van der Waals surface area contributed by atoms with E-state index < -0.39 is 0 Å². The van der Waals surface area contributed by atoms with Crippen molar-refractivity contribution < 1.29 is 9.13 Å². The fourth-order valence-corrected chi connectivity index (χ4v) is 2.99. The molecule has 0 bridgehead atoms. The van der Waals surface area contributed by atoms with Gasteiger partial charge in [0.1, 0.15) is 0 Å². The summed E-state index contributed by atoms with van der Waals surface area (Å²) in [4.78, 5) is 2.43. The van der Waals surface area contributed by atoms with Crippen LogP contribution in [0.4, 0.5) is 4.39 Å². The molecule has 0 aliphatic carbocycles. The van der Waals surface area contributed by atoms with Gasteiger partial charge in [-0.2, -0.15) is 5.10 Å². The standard InChI is InChI=1S/C17H22FN3O/c1-20-15(8-9-19-20)12-21-10-4-5-14(11-21)13-22-17-7-3-2-6-16(17)18/h2-3,6-9,14H,4-5,10-13H2,1H3/t14-/m1/s1. The Balaban J connectivity index is 1.52. The number of aromatic nitrogens is 2. The van der Waals surface area contributed by atoms with E-state index in [1.807, 2.05) is 17.9 Å². The molecule has 0 radical (unpaired) electrons. The number of aryl methyl sites for hydroxylation is 1. The summed E-state index contributed by atoms with van der Waals surface area (Å²) >= 11 is 0. The van der Waals surface area contributed by atoms with Gasteiger partial charge in [-0.25, -0.2) is 4.39 Å². The molecule has 1 fully saturated rings. The molecule has 118 valence electrons. The molecule has 3 rings (SSSR count). The van der Waals surface area contributed by atoms with Crippen molar-refractivity contribution in [2.24, 2.45) is 13.0 Å². The Morgan fingerprint density at radius 3 is 2.95 bits per heavy atom. The first-order valence-corrected chi connectivity index (χ1v) is 7.79. The molecule has 22 heavy (non-hydrogen) atoms. The van der Waals surface area contributed by atoms with Crippen LogP contribution in [0.1, 0.15) is 18.5 Å². The Morgan fingerprint density at radius 1 is 1.32 bits per heavy atom. The number of halogens is 1. The number of nitrogens with zero attached hydrogens (tertiary/aromatic N) is 3. The Labute approximate surface area is 130 Å². The van der Waals surface area contributed by atoms with Gasteiger partial charge in [0.15, 0.2) is 11.6 Å². The number of likely N-dealkylation sites (tertiary alicyclic amines) is 1. The molecule has 1 aromatic heterocycles. The van der Waals surface area contributed by atoms with Gasteiger partial charge in [0.05, 0.1) is 12.3 Å². The van der Waals surface area contributed by atoms with Crippen LogP contribution < -0.4 is 4.74 Å². The van der Waals surface area contributed by atoms with Gasteiger partial charge >= 0.3 is 0 Å². The van der Waals surface area contributed by atoms with E-state index in [1.54, 1.807) is 18.2 Å². The van der Waals surface area contributed by atoms with Crippen molar-refractivity contribution in [2.75, 3.05) is 19.7 Å². The van der Waals surface area contributed by atoms with E-state index in [9.17, 15) is 4.39 Å². The van der Waals surface area contributed by atoms with Crippen LogP contribution in [0.2, 0.25) is 0 Å². The first kappa shape index (κ1) is 15.0. The highest BCUT2D eigenvalue weighted by Crippen LogP contribution is 2.21. The summed E-state index contributed by atoms with van der Waals surface area (Å²) in [6.45, 7) is 3.57. The Kier molecular flexibility index (Phi) is 4.73. The molecule has 0 spiro atoms. The van der Waals surface area contributed by atoms with Crippen LogP contribution in [0.3, 0.4) is 0 Å². The van der Waals surface area contributed by atoms with Crippen LogP contribution in [0.15, 0.2) is 36.5 Å². The maximum Gasteiger partial charge on any atom is 0.165 e. The predicted octanol–water partition coefficient (Wildman–Crippen LogP) is 2.85. The molecule has 1 aliphatic rings. The Hall–Kier alpha value is -1.88. The molecular formula is C17H22FN3O. The van der Waals surface area contributed by atoms with Crippen LogP contribution >= 0.6 is 0 Å². The Morgan fingerprint density at radius 2 is 2.18 bits per heavy atom. The summed E-state index contributed by atoms with van der Waals surface area (Å²) < 4.78 is 21.2. The number of hydrogen-bond donors (Lipinski definition) is 0. The Bertz CT molecular complexity index is 613. The van der Waals surface area contributed by atoms with Gasteiger partial charge in [0.25, 0.3) is 0 Å². The lowest BCUT2D eigenvalue weighted by molar-refractivity contribution is 0.121. The zero-order valence-corrected chi connectivity index (χ0v) is 12.9.